The minimum atomic E-state index is -0.974. The number of unbranched alkanes of at least 4 members (excludes halogenated alkanes) is 4. The predicted molar refractivity (Wildman–Crippen MR) is 124 cm³/mol. The minimum Gasteiger partial charge on any atom is -0.203 e. The van der Waals surface area contributed by atoms with Gasteiger partial charge in [-0.1, -0.05) is 71.3 Å². The van der Waals surface area contributed by atoms with Gasteiger partial charge < -0.3 is 0 Å². The van der Waals surface area contributed by atoms with E-state index in [1.807, 2.05) is 0 Å². The lowest BCUT2D eigenvalue weighted by atomic mass is 9.66. The van der Waals surface area contributed by atoms with Crippen LogP contribution in [0.1, 0.15) is 121 Å². The summed E-state index contributed by atoms with van der Waals surface area (Å²) < 4.78 is 28.5. The zero-order chi connectivity index (χ0) is 22.2. The Bertz CT molecular complexity index is 721. The van der Waals surface area contributed by atoms with E-state index in [4.69, 9.17) is 5.26 Å². The van der Waals surface area contributed by atoms with Gasteiger partial charge in [-0.2, -0.15) is 5.26 Å². The molecule has 1 nitrogen and oxygen atoms in total. The topological polar surface area (TPSA) is 23.8 Å². The fourth-order valence-electron chi connectivity index (χ4n) is 6.35. The molecule has 0 bridgehead atoms. The summed E-state index contributed by atoms with van der Waals surface area (Å²) in [5, 5.41) is 8.90. The van der Waals surface area contributed by atoms with Gasteiger partial charge >= 0.3 is 0 Å². The average molecular weight is 430 g/mol. The van der Waals surface area contributed by atoms with Crippen molar-refractivity contribution >= 4 is 0 Å². The molecule has 2 aliphatic rings. The number of nitriles is 1. The van der Waals surface area contributed by atoms with Gasteiger partial charge in [-0.25, -0.2) is 8.78 Å². The fourth-order valence-corrected chi connectivity index (χ4v) is 6.35. The summed E-state index contributed by atoms with van der Waals surface area (Å²) >= 11 is 0. The van der Waals surface area contributed by atoms with Crippen LogP contribution in [0.5, 0.6) is 0 Å². The third kappa shape index (κ3) is 6.30. The van der Waals surface area contributed by atoms with Crippen LogP contribution < -0.4 is 0 Å². The Morgan fingerprint density at radius 3 is 2.10 bits per heavy atom. The smallest absolute Gasteiger partial charge is 0.176 e. The van der Waals surface area contributed by atoms with Crippen molar-refractivity contribution in [2.75, 3.05) is 0 Å². The van der Waals surface area contributed by atoms with Crippen LogP contribution in [0.25, 0.3) is 0 Å². The minimum absolute atomic E-state index is 0.0918. The standard InChI is InChI=1S/C28H41F2N/c1-3-4-5-6-7-8-21-9-11-22(12-10-21)20(2)23-13-15-24(16-14-23)26-18-17-25(19-31)27(29)28(26)30/h17-18,20-24H,3-16H2,1-2H3. The maximum atomic E-state index is 14.4. The van der Waals surface area contributed by atoms with Crippen LogP contribution in [0, 0.1) is 46.6 Å². The predicted octanol–water partition coefficient (Wildman–Crippen LogP) is 8.91. The van der Waals surface area contributed by atoms with Gasteiger partial charge in [0.05, 0.1) is 5.56 Å². The third-order valence-corrected chi connectivity index (χ3v) is 8.54. The van der Waals surface area contributed by atoms with Crippen LogP contribution in [-0.4, -0.2) is 0 Å². The number of halogens is 2. The van der Waals surface area contributed by atoms with Crippen molar-refractivity contribution in [1.29, 1.82) is 5.26 Å². The fraction of sp³-hybridized carbons (Fsp3) is 0.750. The molecule has 3 heteroatoms. The molecular formula is C28H41F2N. The van der Waals surface area contributed by atoms with Crippen LogP contribution in [0.2, 0.25) is 0 Å². The largest absolute Gasteiger partial charge is 0.203 e. The molecule has 0 saturated heterocycles. The molecule has 1 aromatic rings. The Hall–Kier alpha value is -1.43. The first-order valence-corrected chi connectivity index (χ1v) is 12.9. The molecule has 0 spiro atoms. The van der Waals surface area contributed by atoms with Crippen LogP contribution in [0.15, 0.2) is 12.1 Å². The Morgan fingerprint density at radius 1 is 0.871 bits per heavy atom. The SMILES string of the molecule is CCCCCCCC1CCC(C(C)C2CCC(c3ccc(C#N)c(F)c3F)CC2)CC1. The molecule has 3 rings (SSSR count). The summed E-state index contributed by atoms with van der Waals surface area (Å²) in [6.07, 6.45) is 18.1. The van der Waals surface area contributed by atoms with E-state index in [2.05, 4.69) is 13.8 Å². The highest BCUT2D eigenvalue weighted by Gasteiger charge is 2.33. The molecule has 0 N–H and O–H groups in total. The summed E-state index contributed by atoms with van der Waals surface area (Å²) in [5.41, 5.74) is 0.280. The highest BCUT2D eigenvalue weighted by molar-refractivity contribution is 5.36. The molecule has 0 aliphatic heterocycles. The lowest BCUT2D eigenvalue weighted by Gasteiger charge is -2.39. The maximum Gasteiger partial charge on any atom is 0.176 e. The van der Waals surface area contributed by atoms with Gasteiger partial charge in [-0.3, -0.25) is 0 Å². The highest BCUT2D eigenvalue weighted by atomic mass is 19.2. The second kappa shape index (κ2) is 12.0. The lowest BCUT2D eigenvalue weighted by molar-refractivity contribution is 0.131. The van der Waals surface area contributed by atoms with E-state index in [1.165, 1.54) is 70.3 Å². The Morgan fingerprint density at radius 2 is 1.48 bits per heavy atom. The summed E-state index contributed by atoms with van der Waals surface area (Å²) in [7, 11) is 0. The van der Waals surface area contributed by atoms with Gasteiger partial charge in [-0.15, -0.1) is 0 Å². The van der Waals surface area contributed by atoms with Gasteiger partial charge in [0.15, 0.2) is 11.6 Å². The van der Waals surface area contributed by atoms with Crippen molar-refractivity contribution in [1.82, 2.24) is 0 Å². The molecule has 0 radical (unpaired) electrons. The second-order valence-corrected chi connectivity index (χ2v) is 10.4. The summed E-state index contributed by atoms with van der Waals surface area (Å²) in [5.74, 6) is 1.58. The molecule has 2 saturated carbocycles. The molecule has 1 atom stereocenters. The van der Waals surface area contributed by atoms with Crippen LogP contribution >= 0.6 is 0 Å². The molecule has 172 valence electrons. The molecule has 2 fully saturated rings. The van der Waals surface area contributed by atoms with E-state index < -0.39 is 11.6 Å². The Labute approximate surface area is 188 Å². The number of hydrogen-bond acceptors (Lipinski definition) is 1. The average Bonchev–Trinajstić information content (AvgIpc) is 2.81. The quantitative estimate of drug-likeness (QED) is 0.359. The zero-order valence-electron chi connectivity index (χ0n) is 19.6. The number of benzene rings is 1. The van der Waals surface area contributed by atoms with Gasteiger partial charge in [-0.05, 0) is 79.7 Å². The molecule has 0 heterocycles. The number of hydrogen-bond donors (Lipinski definition) is 0. The molecule has 0 amide bonds. The molecule has 1 unspecified atom stereocenters. The molecule has 0 aromatic heterocycles. The first-order chi connectivity index (χ1) is 15.0. The van der Waals surface area contributed by atoms with E-state index >= 15 is 0 Å². The van der Waals surface area contributed by atoms with E-state index in [-0.39, 0.29) is 11.5 Å². The second-order valence-electron chi connectivity index (χ2n) is 10.4. The van der Waals surface area contributed by atoms with Crippen molar-refractivity contribution in [3.05, 3.63) is 34.9 Å². The van der Waals surface area contributed by atoms with Crippen molar-refractivity contribution in [3.8, 4) is 6.07 Å². The first-order valence-electron chi connectivity index (χ1n) is 12.9. The maximum absolute atomic E-state index is 14.4. The van der Waals surface area contributed by atoms with Crippen LogP contribution in [-0.2, 0) is 0 Å². The summed E-state index contributed by atoms with van der Waals surface area (Å²) in [4.78, 5) is 0. The Balaban J connectivity index is 1.42. The van der Waals surface area contributed by atoms with Crippen molar-refractivity contribution < 1.29 is 8.78 Å². The van der Waals surface area contributed by atoms with E-state index in [1.54, 1.807) is 12.1 Å². The first kappa shape index (κ1) is 24.2. The van der Waals surface area contributed by atoms with E-state index in [9.17, 15) is 8.78 Å². The van der Waals surface area contributed by atoms with Gasteiger partial charge in [0.1, 0.15) is 6.07 Å². The lowest BCUT2D eigenvalue weighted by Crippen LogP contribution is -2.28. The monoisotopic (exact) mass is 429 g/mol. The van der Waals surface area contributed by atoms with Crippen molar-refractivity contribution in [2.45, 2.75) is 110 Å². The molecule has 2 aliphatic carbocycles. The molecular weight excluding hydrogens is 388 g/mol. The van der Waals surface area contributed by atoms with Crippen LogP contribution in [0.3, 0.4) is 0 Å². The number of nitrogens with zero attached hydrogens (tertiary/aromatic N) is 1. The van der Waals surface area contributed by atoms with Crippen molar-refractivity contribution in [3.63, 3.8) is 0 Å². The van der Waals surface area contributed by atoms with Gasteiger partial charge in [0, 0.05) is 0 Å². The third-order valence-electron chi connectivity index (χ3n) is 8.54. The van der Waals surface area contributed by atoms with E-state index in [0.29, 0.717) is 5.56 Å². The van der Waals surface area contributed by atoms with Gasteiger partial charge in [0.2, 0.25) is 0 Å². The Kier molecular flexibility index (Phi) is 9.36. The number of rotatable bonds is 9. The molecule has 1 aromatic carbocycles. The highest BCUT2D eigenvalue weighted by Crippen LogP contribution is 2.45. The summed E-state index contributed by atoms with van der Waals surface area (Å²) in [6.45, 7) is 4.72. The van der Waals surface area contributed by atoms with Crippen molar-refractivity contribution in [2.24, 2.45) is 23.7 Å². The van der Waals surface area contributed by atoms with Gasteiger partial charge in [0.25, 0.3) is 0 Å². The molecule has 31 heavy (non-hydrogen) atoms. The normalized spacial score (nSPS) is 27.6. The van der Waals surface area contributed by atoms with Crippen LogP contribution in [0.4, 0.5) is 8.78 Å². The summed E-state index contributed by atoms with van der Waals surface area (Å²) in [6, 6.07) is 4.80. The zero-order valence-corrected chi connectivity index (χ0v) is 19.6. The van der Waals surface area contributed by atoms with E-state index in [0.717, 1.165) is 49.4 Å².